The number of nitrogens with one attached hydrogen (secondary N) is 2. The SMILES string of the molecule is CO[C@@H]1/C=C\C=C(/C)C(=O)NC2=CC(=O)C(NCCOCCOCCOCCn3cc(CN(C)CCOc4ccc([C@H]5C[C@@]6(C)C(CC[C@@H]6O)C6CCc7cc(O)ccc7C65)cc4)nn3)=C(C[C@@H](C)C[C@@H](OC)[C@H](O)[C@@H](C)/C=C(\C)[C@H]1OC(N)=O)C2=O. The van der Waals surface area contributed by atoms with Crippen LogP contribution in [0.5, 0.6) is 11.5 Å². The second kappa shape index (κ2) is 31.1. The van der Waals surface area contributed by atoms with Crippen LogP contribution in [0.2, 0.25) is 0 Å². The number of rotatable bonds is 23. The number of aliphatic hydroxyl groups is 2. The normalized spacial score (nSPS) is 29.6. The maximum atomic E-state index is 14.1. The van der Waals surface area contributed by atoms with Gasteiger partial charge in [-0.05, 0) is 147 Å². The number of fused-ring (bicyclic) bond motifs is 7. The van der Waals surface area contributed by atoms with Gasteiger partial charge in [-0.3, -0.25) is 19.3 Å². The van der Waals surface area contributed by atoms with Crippen molar-refractivity contribution in [3.8, 4) is 11.5 Å². The highest BCUT2D eigenvalue weighted by molar-refractivity contribution is 6.23. The van der Waals surface area contributed by atoms with Gasteiger partial charge in [0.05, 0.1) is 81.6 Å². The predicted molar refractivity (Wildman–Crippen MR) is 325 cm³/mol. The molecule has 8 rings (SSSR count). The maximum Gasteiger partial charge on any atom is 0.405 e. The van der Waals surface area contributed by atoms with Crippen molar-refractivity contribution in [1.82, 2.24) is 30.5 Å². The molecule has 21 heteroatoms. The van der Waals surface area contributed by atoms with Crippen molar-refractivity contribution in [2.75, 3.05) is 80.6 Å². The maximum absolute atomic E-state index is 14.1. The number of Topliss-reactive ketones (excluding diaryl/α,β-unsaturated/α-hetero) is 1. The molecule has 5 aliphatic rings. The summed E-state index contributed by atoms with van der Waals surface area (Å²) in [4.78, 5) is 55.3. The molecule has 0 spiro atoms. The summed E-state index contributed by atoms with van der Waals surface area (Å²) in [6, 6.07) is 14.5. The molecule has 0 saturated heterocycles. The van der Waals surface area contributed by atoms with Gasteiger partial charge < -0.3 is 64.8 Å². The zero-order valence-corrected chi connectivity index (χ0v) is 51.8. The molecule has 1 aromatic heterocycles. The van der Waals surface area contributed by atoms with Crippen LogP contribution in [0.1, 0.15) is 107 Å². The average Bonchev–Trinajstić information content (AvgIpc) is 2.13. The number of hydrogen-bond acceptors (Lipinski definition) is 18. The second-order valence-electron chi connectivity index (χ2n) is 24.5. The third-order valence-corrected chi connectivity index (χ3v) is 18.3. The number of aryl methyl sites for hydroxylation is 1. The Labute approximate surface area is 511 Å². The van der Waals surface area contributed by atoms with Crippen LogP contribution in [0.15, 0.2) is 107 Å². The van der Waals surface area contributed by atoms with E-state index >= 15 is 0 Å². The Kier molecular flexibility index (Phi) is 23.7. The van der Waals surface area contributed by atoms with E-state index in [1.54, 1.807) is 43.7 Å². The van der Waals surface area contributed by atoms with Gasteiger partial charge in [-0.25, -0.2) is 9.48 Å². The molecule has 2 fully saturated rings. The summed E-state index contributed by atoms with van der Waals surface area (Å²) in [5, 5.41) is 47.4. The minimum atomic E-state index is -1.02. The zero-order chi connectivity index (χ0) is 62.4. The monoisotopic (exact) mass is 1210 g/mol. The fourth-order valence-corrected chi connectivity index (χ4v) is 13.7. The Morgan fingerprint density at radius 3 is 2.40 bits per heavy atom. The molecular formula is C66H91N7O14. The quantitative estimate of drug-likeness (QED) is 0.0335. The Balaban J connectivity index is 0.729. The number of methoxy groups -OCH3 is 2. The van der Waals surface area contributed by atoms with Crippen LogP contribution in [0.3, 0.4) is 0 Å². The van der Waals surface area contributed by atoms with E-state index in [-0.39, 0.29) is 72.1 Å². The minimum Gasteiger partial charge on any atom is -0.508 e. The van der Waals surface area contributed by atoms with Crippen LogP contribution < -0.4 is 21.1 Å². The Bertz CT molecular complexity index is 3010. The van der Waals surface area contributed by atoms with Gasteiger partial charge in [-0.2, -0.15) is 0 Å². The van der Waals surface area contributed by atoms with Crippen molar-refractivity contribution in [2.24, 2.45) is 34.8 Å². The molecule has 3 aromatic rings. The molecule has 2 saturated carbocycles. The van der Waals surface area contributed by atoms with Crippen molar-refractivity contribution in [1.29, 1.82) is 0 Å². The number of nitrogens with two attached hydrogens (primary N) is 1. The number of aromatic nitrogens is 3. The van der Waals surface area contributed by atoms with E-state index in [1.807, 2.05) is 32.3 Å². The number of phenolic OH excluding ortho intramolecular Hbond substituents is 1. The number of primary amides is 1. The van der Waals surface area contributed by atoms with Crippen LogP contribution in [-0.2, 0) is 62.3 Å². The molecule has 474 valence electrons. The molecular weight excluding hydrogens is 1110 g/mol. The summed E-state index contributed by atoms with van der Waals surface area (Å²) in [5.41, 5.74) is 11.0. The summed E-state index contributed by atoms with van der Waals surface area (Å²) in [6.07, 6.45) is 10.0. The van der Waals surface area contributed by atoms with E-state index in [0.29, 0.717) is 88.2 Å². The molecule has 2 heterocycles. The first kappa shape index (κ1) is 66.4. The summed E-state index contributed by atoms with van der Waals surface area (Å²) < 4.78 is 42.1. The predicted octanol–water partition coefficient (Wildman–Crippen LogP) is 6.52. The van der Waals surface area contributed by atoms with Gasteiger partial charge in [0, 0.05) is 63.2 Å². The average molecular weight is 1210 g/mol. The number of amides is 2. The van der Waals surface area contributed by atoms with Gasteiger partial charge in [0.15, 0.2) is 6.10 Å². The van der Waals surface area contributed by atoms with Crippen molar-refractivity contribution < 1.29 is 67.7 Å². The number of hydrogen-bond donors (Lipinski definition) is 6. The number of allylic oxidation sites excluding steroid dienone is 4. The minimum absolute atomic E-state index is 0.102. The van der Waals surface area contributed by atoms with E-state index in [0.717, 1.165) is 49.6 Å². The van der Waals surface area contributed by atoms with Crippen LogP contribution in [0.4, 0.5) is 4.79 Å². The summed E-state index contributed by atoms with van der Waals surface area (Å²) in [7, 11) is 4.94. The number of likely N-dealkylation sites (N-methyl/N-ethyl adjacent to an activating group) is 1. The lowest BCUT2D eigenvalue weighted by atomic mass is 9.51. The number of benzene rings is 2. The van der Waals surface area contributed by atoms with Gasteiger partial charge in [0.1, 0.15) is 24.2 Å². The molecule has 0 radical (unpaired) electrons. The fraction of sp³-hybridized carbons (Fsp3) is 0.576. The molecule has 12 atom stereocenters. The third kappa shape index (κ3) is 17.0. The fourth-order valence-electron chi connectivity index (χ4n) is 13.7. The topological polar surface area (TPSA) is 278 Å². The van der Waals surface area contributed by atoms with Crippen LogP contribution in [-0.4, -0.2) is 170 Å². The number of aromatic hydroxyl groups is 1. The summed E-state index contributed by atoms with van der Waals surface area (Å²) in [6.45, 7) is 13.8. The van der Waals surface area contributed by atoms with E-state index in [4.69, 9.17) is 38.9 Å². The zero-order valence-electron chi connectivity index (χ0n) is 51.8. The Morgan fingerprint density at radius 1 is 0.943 bits per heavy atom. The first-order valence-electron chi connectivity index (χ1n) is 30.6. The van der Waals surface area contributed by atoms with Gasteiger partial charge in [0.25, 0.3) is 5.91 Å². The van der Waals surface area contributed by atoms with Gasteiger partial charge in [-0.1, -0.05) is 68.5 Å². The molecule has 3 unspecified atom stereocenters. The van der Waals surface area contributed by atoms with E-state index < -0.39 is 53.9 Å². The highest BCUT2D eigenvalue weighted by Crippen LogP contribution is 2.65. The molecule has 2 amide bonds. The van der Waals surface area contributed by atoms with Gasteiger partial charge in [-0.15, -0.1) is 5.10 Å². The number of carbonyl (C=O) groups excluding carboxylic acids is 4. The van der Waals surface area contributed by atoms with Crippen molar-refractivity contribution in [3.05, 3.63) is 130 Å². The first-order valence-corrected chi connectivity index (χ1v) is 30.6. The highest BCUT2D eigenvalue weighted by atomic mass is 16.6. The van der Waals surface area contributed by atoms with E-state index in [1.165, 1.54) is 37.0 Å². The summed E-state index contributed by atoms with van der Waals surface area (Å²) >= 11 is 0. The van der Waals surface area contributed by atoms with E-state index in [2.05, 4.69) is 63.1 Å². The molecule has 21 nitrogen and oxygen atoms in total. The molecule has 2 bridgehead atoms. The molecule has 2 aromatic carbocycles. The smallest absolute Gasteiger partial charge is 0.405 e. The standard InChI is InChI=1S/C66H91N7O14/c1-40-32-51-60(55(75)36-54(62(51)78)69-64(79)41(2)10-9-11-56(81-7)63(87-65(67)80)43(4)34-42(3)61(77)57(33-40)82-8)68-22-25-83-28-30-85-31-29-84-26-24-73-39-46(70-71-73)38-72(6)23-27-86-48-16-12-44(13-17-48)52-37-66(5)53(20-21-58(66)76)50-18-14-45-35-47(74)15-19-49(45)59(50)52/h9-13,15-17,19,34-36,39-40,42,50,52-53,56-59,61,63,68,74,76-77H,14,18,20-33,37-38H2,1-8H3,(H2,67,80)(H,69,79)/b11-9-,41-10+,43-34+/t40-,42+,50?,52-,53?,56-,57-,58+,59?,61-,63-,66+/m1/s1. The Hall–Kier alpha value is -6.56. The lowest BCUT2D eigenvalue weighted by Gasteiger charge is -2.54. The number of ether oxygens (including phenoxy) is 7. The number of nitrogens with zero attached hydrogens (tertiary/aromatic N) is 4. The largest absolute Gasteiger partial charge is 0.508 e. The van der Waals surface area contributed by atoms with Crippen LogP contribution in [0, 0.1) is 29.1 Å². The van der Waals surface area contributed by atoms with Crippen molar-refractivity contribution >= 4 is 23.6 Å². The van der Waals surface area contributed by atoms with Gasteiger partial charge in [0.2, 0.25) is 11.6 Å². The van der Waals surface area contributed by atoms with Gasteiger partial charge >= 0.3 is 6.09 Å². The van der Waals surface area contributed by atoms with Crippen molar-refractivity contribution in [3.63, 3.8) is 0 Å². The molecule has 4 aliphatic carbocycles. The number of aliphatic hydroxyl groups excluding tert-OH is 2. The lowest BCUT2D eigenvalue weighted by molar-refractivity contribution is -0.120. The third-order valence-electron chi connectivity index (χ3n) is 18.3. The van der Waals surface area contributed by atoms with Crippen molar-refractivity contribution in [2.45, 2.75) is 135 Å². The van der Waals surface area contributed by atoms with E-state index in [9.17, 15) is 34.5 Å². The molecule has 87 heavy (non-hydrogen) atoms. The number of phenols is 1. The highest BCUT2D eigenvalue weighted by Gasteiger charge is 2.58. The Morgan fingerprint density at radius 2 is 1.68 bits per heavy atom. The summed E-state index contributed by atoms with van der Waals surface area (Å²) in [5.74, 6) is 0.404. The second-order valence-corrected chi connectivity index (χ2v) is 24.5. The van der Waals surface area contributed by atoms with Crippen LogP contribution in [0.25, 0.3) is 0 Å². The van der Waals surface area contributed by atoms with Crippen LogP contribution >= 0.6 is 0 Å². The molecule has 1 aliphatic heterocycles. The lowest BCUT2D eigenvalue weighted by Crippen LogP contribution is -2.47. The number of ketones is 2. The number of carbonyl (C=O) groups is 4. The molecule has 7 N–H and O–H groups in total. The first-order chi connectivity index (χ1) is 41.8.